The fourth-order valence-electron chi connectivity index (χ4n) is 1.35. The summed E-state index contributed by atoms with van der Waals surface area (Å²) in [5.74, 6) is -1.49. The van der Waals surface area contributed by atoms with Crippen molar-refractivity contribution >= 4 is 29.2 Å². The SMILES string of the molecule is COC(=O)CN(CC(=O)OC)C(=O)Cc1ccsc1. The molecule has 0 fully saturated rings. The van der Waals surface area contributed by atoms with Crippen LogP contribution in [0.5, 0.6) is 0 Å². The van der Waals surface area contributed by atoms with Gasteiger partial charge in [-0.15, -0.1) is 0 Å². The number of carbonyl (C=O) groups excluding carboxylic acids is 3. The van der Waals surface area contributed by atoms with Gasteiger partial charge in [-0.25, -0.2) is 0 Å². The van der Waals surface area contributed by atoms with E-state index in [1.54, 1.807) is 0 Å². The Labute approximate surface area is 114 Å². The van der Waals surface area contributed by atoms with Crippen molar-refractivity contribution < 1.29 is 23.9 Å². The number of amides is 1. The van der Waals surface area contributed by atoms with Gasteiger partial charge in [0.1, 0.15) is 13.1 Å². The first kappa shape index (κ1) is 15.2. The topological polar surface area (TPSA) is 72.9 Å². The molecule has 6 nitrogen and oxygen atoms in total. The number of rotatable bonds is 6. The van der Waals surface area contributed by atoms with Crippen LogP contribution in [0.4, 0.5) is 0 Å². The van der Waals surface area contributed by atoms with Gasteiger partial charge in [-0.1, -0.05) is 0 Å². The van der Waals surface area contributed by atoms with Crippen molar-refractivity contribution in [2.45, 2.75) is 6.42 Å². The van der Waals surface area contributed by atoms with E-state index in [1.165, 1.54) is 25.6 Å². The fourth-order valence-corrected chi connectivity index (χ4v) is 2.02. The van der Waals surface area contributed by atoms with Crippen LogP contribution >= 0.6 is 11.3 Å². The Morgan fingerprint density at radius 2 is 1.74 bits per heavy atom. The van der Waals surface area contributed by atoms with Gasteiger partial charge in [0, 0.05) is 0 Å². The molecule has 0 bridgehead atoms. The standard InChI is InChI=1S/C12H15NO5S/c1-17-11(15)6-13(7-12(16)18-2)10(14)5-9-3-4-19-8-9/h3-4,8H,5-7H2,1-2H3. The number of hydrogen-bond acceptors (Lipinski definition) is 6. The number of ether oxygens (including phenoxy) is 2. The molecule has 7 heteroatoms. The van der Waals surface area contributed by atoms with Gasteiger partial charge in [-0.3, -0.25) is 14.4 Å². The monoisotopic (exact) mass is 285 g/mol. The largest absolute Gasteiger partial charge is 0.468 e. The first-order valence-corrected chi connectivity index (χ1v) is 6.43. The first-order chi connectivity index (χ1) is 9.06. The molecule has 0 aliphatic heterocycles. The molecule has 1 aromatic heterocycles. The molecule has 1 heterocycles. The summed E-state index contributed by atoms with van der Waals surface area (Å²) in [5.41, 5.74) is 0.842. The van der Waals surface area contributed by atoms with Gasteiger partial charge in [0.05, 0.1) is 20.6 Å². The second-order valence-electron chi connectivity index (χ2n) is 3.71. The average molecular weight is 285 g/mol. The Balaban J connectivity index is 2.68. The van der Waals surface area contributed by atoms with E-state index in [1.807, 2.05) is 16.8 Å². The molecule has 0 aliphatic rings. The number of hydrogen-bond donors (Lipinski definition) is 0. The highest BCUT2D eigenvalue weighted by atomic mass is 32.1. The van der Waals surface area contributed by atoms with Crippen molar-refractivity contribution in [3.63, 3.8) is 0 Å². The predicted molar refractivity (Wildman–Crippen MR) is 68.6 cm³/mol. The molecule has 0 radical (unpaired) electrons. The van der Waals surface area contributed by atoms with Gasteiger partial charge in [-0.2, -0.15) is 11.3 Å². The van der Waals surface area contributed by atoms with Crippen molar-refractivity contribution in [1.82, 2.24) is 4.90 Å². The molecule has 0 saturated heterocycles. The van der Waals surface area contributed by atoms with E-state index in [-0.39, 0.29) is 25.4 Å². The maximum Gasteiger partial charge on any atom is 0.325 e. The minimum atomic E-state index is -0.581. The van der Waals surface area contributed by atoms with Gasteiger partial charge in [0.2, 0.25) is 5.91 Å². The number of thiophene rings is 1. The van der Waals surface area contributed by atoms with Gasteiger partial charge in [0.25, 0.3) is 0 Å². The molecule has 0 N–H and O–H groups in total. The quantitative estimate of drug-likeness (QED) is 0.710. The summed E-state index contributed by atoms with van der Waals surface area (Å²) in [5, 5.41) is 3.69. The molecule has 19 heavy (non-hydrogen) atoms. The summed E-state index contributed by atoms with van der Waals surface area (Å²) in [6.45, 7) is -0.539. The zero-order valence-corrected chi connectivity index (χ0v) is 11.6. The van der Waals surface area contributed by atoms with Gasteiger partial charge < -0.3 is 14.4 Å². The molecule has 0 aromatic carbocycles. The normalized spacial score (nSPS) is 9.79. The number of esters is 2. The van der Waals surface area contributed by atoms with E-state index in [0.717, 1.165) is 10.5 Å². The average Bonchev–Trinajstić information content (AvgIpc) is 2.90. The van der Waals surface area contributed by atoms with Crippen molar-refractivity contribution in [1.29, 1.82) is 0 Å². The summed E-state index contributed by atoms with van der Waals surface area (Å²) >= 11 is 1.48. The molecule has 1 rings (SSSR count). The molecular weight excluding hydrogens is 270 g/mol. The van der Waals surface area contributed by atoms with Crippen molar-refractivity contribution in [3.05, 3.63) is 22.4 Å². The Kier molecular flexibility index (Phi) is 6.01. The molecule has 1 amide bonds. The van der Waals surface area contributed by atoms with E-state index < -0.39 is 11.9 Å². The first-order valence-electron chi connectivity index (χ1n) is 5.49. The molecule has 0 unspecified atom stereocenters. The third-order valence-corrected chi connectivity index (χ3v) is 3.12. The Bertz CT molecular complexity index is 425. The zero-order valence-electron chi connectivity index (χ0n) is 10.8. The predicted octanol–water partition coefficient (Wildman–Crippen LogP) is 0.465. The second-order valence-corrected chi connectivity index (χ2v) is 4.49. The summed E-state index contributed by atoms with van der Waals surface area (Å²) in [6.07, 6.45) is 0.136. The lowest BCUT2D eigenvalue weighted by Crippen LogP contribution is -2.41. The number of carbonyl (C=O) groups is 3. The third kappa shape index (κ3) is 5.09. The van der Waals surface area contributed by atoms with Crippen LogP contribution in [0.3, 0.4) is 0 Å². The van der Waals surface area contributed by atoms with E-state index in [4.69, 9.17) is 0 Å². The molecular formula is C12H15NO5S. The van der Waals surface area contributed by atoms with Crippen LogP contribution < -0.4 is 0 Å². The lowest BCUT2D eigenvalue weighted by molar-refractivity contribution is -0.151. The molecule has 1 aromatic rings. The van der Waals surface area contributed by atoms with E-state index in [2.05, 4.69) is 9.47 Å². The maximum atomic E-state index is 12.0. The molecule has 0 saturated carbocycles. The van der Waals surface area contributed by atoms with Crippen molar-refractivity contribution in [2.24, 2.45) is 0 Å². The molecule has 0 atom stereocenters. The highest BCUT2D eigenvalue weighted by Crippen LogP contribution is 2.08. The lowest BCUT2D eigenvalue weighted by Gasteiger charge is -2.19. The van der Waals surface area contributed by atoms with E-state index >= 15 is 0 Å². The Hall–Kier alpha value is -1.89. The van der Waals surface area contributed by atoms with Gasteiger partial charge in [-0.05, 0) is 22.4 Å². The third-order valence-electron chi connectivity index (χ3n) is 2.38. The summed E-state index contributed by atoms with van der Waals surface area (Å²) < 4.78 is 9.00. The van der Waals surface area contributed by atoms with Crippen LogP contribution in [0.25, 0.3) is 0 Å². The highest BCUT2D eigenvalue weighted by Gasteiger charge is 2.21. The van der Waals surface area contributed by atoms with E-state index in [0.29, 0.717) is 0 Å². The zero-order chi connectivity index (χ0) is 14.3. The summed E-state index contributed by atoms with van der Waals surface area (Å²) in [6, 6.07) is 1.82. The van der Waals surface area contributed by atoms with Gasteiger partial charge in [0.15, 0.2) is 0 Å². The van der Waals surface area contributed by atoms with Crippen molar-refractivity contribution in [2.75, 3.05) is 27.3 Å². The number of methoxy groups -OCH3 is 2. The van der Waals surface area contributed by atoms with Crippen LogP contribution in [0.2, 0.25) is 0 Å². The Morgan fingerprint density at radius 3 is 2.16 bits per heavy atom. The molecule has 104 valence electrons. The molecule has 0 aliphatic carbocycles. The molecule has 0 spiro atoms. The highest BCUT2D eigenvalue weighted by molar-refractivity contribution is 7.07. The van der Waals surface area contributed by atoms with Crippen LogP contribution in [0.15, 0.2) is 16.8 Å². The summed E-state index contributed by atoms with van der Waals surface area (Å²) in [4.78, 5) is 35.6. The van der Waals surface area contributed by atoms with Gasteiger partial charge >= 0.3 is 11.9 Å². The minimum Gasteiger partial charge on any atom is -0.468 e. The van der Waals surface area contributed by atoms with Crippen LogP contribution in [-0.4, -0.2) is 50.1 Å². The smallest absolute Gasteiger partial charge is 0.325 e. The number of nitrogens with zero attached hydrogens (tertiary/aromatic N) is 1. The fraction of sp³-hybridized carbons (Fsp3) is 0.417. The second kappa shape index (κ2) is 7.52. The van der Waals surface area contributed by atoms with Crippen LogP contribution in [-0.2, 0) is 30.3 Å². The van der Waals surface area contributed by atoms with E-state index in [9.17, 15) is 14.4 Å². The Morgan fingerprint density at radius 1 is 1.16 bits per heavy atom. The minimum absolute atomic E-state index is 0.136. The maximum absolute atomic E-state index is 12.0. The van der Waals surface area contributed by atoms with Crippen LogP contribution in [0.1, 0.15) is 5.56 Å². The van der Waals surface area contributed by atoms with Crippen LogP contribution in [0, 0.1) is 0 Å². The van der Waals surface area contributed by atoms with Crippen molar-refractivity contribution in [3.8, 4) is 0 Å². The summed E-state index contributed by atoms with van der Waals surface area (Å²) in [7, 11) is 2.45. The lowest BCUT2D eigenvalue weighted by atomic mass is 10.2.